The third-order valence-electron chi connectivity index (χ3n) is 5.77. The Bertz CT molecular complexity index is 511. The predicted molar refractivity (Wildman–Crippen MR) is 94.3 cm³/mol. The zero-order chi connectivity index (χ0) is 16.2. The molecule has 1 saturated heterocycles. The van der Waals surface area contributed by atoms with Crippen molar-refractivity contribution in [2.75, 3.05) is 31.6 Å². The lowest BCUT2D eigenvalue weighted by Gasteiger charge is -2.39. The van der Waals surface area contributed by atoms with Crippen molar-refractivity contribution in [3.8, 4) is 0 Å². The highest BCUT2D eigenvalue weighted by atomic mass is 16.2. The number of carbonyl (C=O) groups excluding carboxylic acids is 1. The Morgan fingerprint density at radius 2 is 1.87 bits per heavy atom. The molecule has 2 aliphatic rings. The SMILES string of the molecule is CN(c1ccccc1)C1CCN(C(=O)[C@@H]2CCC[C@@H]2CN)CC1. The zero-order valence-electron chi connectivity index (χ0n) is 14.2. The zero-order valence-corrected chi connectivity index (χ0v) is 14.2. The van der Waals surface area contributed by atoms with Crippen molar-refractivity contribution in [2.45, 2.75) is 38.1 Å². The van der Waals surface area contributed by atoms with Crippen LogP contribution < -0.4 is 10.6 Å². The van der Waals surface area contributed by atoms with Gasteiger partial charge in [-0.25, -0.2) is 0 Å². The van der Waals surface area contributed by atoms with Gasteiger partial charge in [0.1, 0.15) is 0 Å². The highest BCUT2D eigenvalue weighted by Gasteiger charge is 2.36. The number of amides is 1. The van der Waals surface area contributed by atoms with E-state index in [0.717, 1.165) is 45.2 Å². The molecule has 2 N–H and O–H groups in total. The standard InChI is InChI=1S/C19H29N3O/c1-21(16-7-3-2-4-8-16)17-10-12-22(13-11-17)19(23)18-9-5-6-15(18)14-20/h2-4,7-8,15,17-18H,5-6,9-14,20H2,1H3/t15-,18-/m1/s1. The fraction of sp³-hybridized carbons (Fsp3) is 0.632. The van der Waals surface area contributed by atoms with E-state index in [0.29, 0.717) is 24.4 Å². The van der Waals surface area contributed by atoms with E-state index in [1.54, 1.807) is 0 Å². The Morgan fingerprint density at radius 1 is 1.17 bits per heavy atom. The molecule has 2 atom stereocenters. The summed E-state index contributed by atoms with van der Waals surface area (Å²) in [5.41, 5.74) is 7.10. The van der Waals surface area contributed by atoms with Crippen LogP contribution in [0.3, 0.4) is 0 Å². The molecule has 1 aliphatic carbocycles. The average Bonchev–Trinajstić information content (AvgIpc) is 3.10. The van der Waals surface area contributed by atoms with E-state index in [1.165, 1.54) is 5.69 Å². The van der Waals surface area contributed by atoms with Crippen molar-refractivity contribution in [1.29, 1.82) is 0 Å². The fourth-order valence-electron chi connectivity index (χ4n) is 4.23. The Hall–Kier alpha value is -1.55. The van der Waals surface area contributed by atoms with E-state index in [2.05, 4.69) is 41.1 Å². The molecule has 3 rings (SSSR count). The summed E-state index contributed by atoms with van der Waals surface area (Å²) in [6.45, 7) is 2.42. The monoisotopic (exact) mass is 315 g/mol. The Labute approximate surface area is 139 Å². The minimum absolute atomic E-state index is 0.184. The van der Waals surface area contributed by atoms with Crippen LogP contribution in [-0.2, 0) is 4.79 Å². The molecule has 0 unspecified atom stereocenters. The third-order valence-corrected chi connectivity index (χ3v) is 5.77. The van der Waals surface area contributed by atoms with Gasteiger partial charge in [0, 0.05) is 37.8 Å². The summed E-state index contributed by atoms with van der Waals surface area (Å²) in [6.07, 6.45) is 5.42. The molecule has 1 aromatic carbocycles. The highest BCUT2D eigenvalue weighted by Crippen LogP contribution is 2.33. The second-order valence-corrected chi connectivity index (χ2v) is 7.04. The van der Waals surface area contributed by atoms with Crippen molar-refractivity contribution in [1.82, 2.24) is 4.90 Å². The molecule has 1 heterocycles. The molecule has 1 saturated carbocycles. The first-order chi connectivity index (χ1) is 11.2. The molecule has 23 heavy (non-hydrogen) atoms. The second-order valence-electron chi connectivity index (χ2n) is 7.04. The number of nitrogens with zero attached hydrogens (tertiary/aromatic N) is 2. The van der Waals surface area contributed by atoms with Gasteiger partial charge in [0.05, 0.1) is 0 Å². The summed E-state index contributed by atoms with van der Waals surface area (Å²) in [6, 6.07) is 11.0. The van der Waals surface area contributed by atoms with E-state index in [9.17, 15) is 4.79 Å². The molecule has 0 radical (unpaired) electrons. The number of hydrogen-bond donors (Lipinski definition) is 1. The van der Waals surface area contributed by atoms with E-state index in [1.807, 2.05) is 6.07 Å². The molecule has 4 nitrogen and oxygen atoms in total. The first-order valence-corrected chi connectivity index (χ1v) is 8.97. The number of benzene rings is 1. The van der Waals surface area contributed by atoms with Gasteiger partial charge in [-0.05, 0) is 50.3 Å². The maximum atomic E-state index is 12.8. The Balaban J connectivity index is 1.55. The van der Waals surface area contributed by atoms with Crippen LogP contribution in [0.15, 0.2) is 30.3 Å². The van der Waals surface area contributed by atoms with Crippen molar-refractivity contribution in [3.05, 3.63) is 30.3 Å². The summed E-state index contributed by atoms with van der Waals surface area (Å²) in [4.78, 5) is 17.2. The summed E-state index contributed by atoms with van der Waals surface area (Å²) >= 11 is 0. The third kappa shape index (κ3) is 3.52. The van der Waals surface area contributed by atoms with Crippen LogP contribution in [0.4, 0.5) is 5.69 Å². The van der Waals surface area contributed by atoms with Gasteiger partial charge in [-0.15, -0.1) is 0 Å². The number of carbonyl (C=O) groups is 1. The molecule has 0 spiro atoms. The highest BCUT2D eigenvalue weighted by molar-refractivity contribution is 5.79. The fourth-order valence-corrected chi connectivity index (χ4v) is 4.23. The number of para-hydroxylation sites is 1. The lowest BCUT2D eigenvalue weighted by molar-refractivity contribution is -0.137. The lowest BCUT2D eigenvalue weighted by atomic mass is 9.93. The maximum absolute atomic E-state index is 12.8. The largest absolute Gasteiger partial charge is 0.371 e. The maximum Gasteiger partial charge on any atom is 0.226 e. The van der Waals surface area contributed by atoms with Crippen LogP contribution in [0.1, 0.15) is 32.1 Å². The summed E-state index contributed by atoms with van der Waals surface area (Å²) in [5, 5.41) is 0. The number of nitrogens with two attached hydrogens (primary N) is 1. The van der Waals surface area contributed by atoms with E-state index in [-0.39, 0.29) is 5.92 Å². The quantitative estimate of drug-likeness (QED) is 0.929. The smallest absolute Gasteiger partial charge is 0.226 e. The molecule has 0 bridgehead atoms. The van der Waals surface area contributed by atoms with Gasteiger partial charge in [-0.3, -0.25) is 4.79 Å². The molecule has 1 aromatic rings. The number of hydrogen-bond acceptors (Lipinski definition) is 3. The van der Waals surface area contributed by atoms with Crippen LogP contribution in [-0.4, -0.2) is 43.5 Å². The van der Waals surface area contributed by atoms with E-state index in [4.69, 9.17) is 5.73 Å². The van der Waals surface area contributed by atoms with Gasteiger partial charge in [0.2, 0.25) is 5.91 Å². The minimum Gasteiger partial charge on any atom is -0.371 e. The molecular formula is C19H29N3O. The van der Waals surface area contributed by atoms with Crippen molar-refractivity contribution in [3.63, 3.8) is 0 Å². The van der Waals surface area contributed by atoms with Crippen LogP contribution >= 0.6 is 0 Å². The normalized spacial score (nSPS) is 25.6. The average molecular weight is 315 g/mol. The van der Waals surface area contributed by atoms with Crippen molar-refractivity contribution in [2.24, 2.45) is 17.6 Å². The van der Waals surface area contributed by atoms with Gasteiger partial charge in [0.25, 0.3) is 0 Å². The molecular weight excluding hydrogens is 286 g/mol. The molecule has 1 amide bonds. The number of rotatable bonds is 4. The molecule has 126 valence electrons. The van der Waals surface area contributed by atoms with Crippen molar-refractivity contribution < 1.29 is 4.79 Å². The van der Waals surface area contributed by atoms with Crippen LogP contribution in [0, 0.1) is 11.8 Å². The lowest BCUT2D eigenvalue weighted by Crippen LogP contribution is -2.48. The number of piperidine rings is 1. The molecule has 1 aliphatic heterocycles. The molecule has 0 aromatic heterocycles. The van der Waals surface area contributed by atoms with Gasteiger partial charge in [-0.1, -0.05) is 24.6 Å². The van der Waals surface area contributed by atoms with Crippen molar-refractivity contribution >= 4 is 11.6 Å². The summed E-state index contributed by atoms with van der Waals surface area (Å²) in [7, 11) is 2.17. The Kier molecular flexibility index (Phi) is 5.21. The second kappa shape index (κ2) is 7.35. The van der Waals surface area contributed by atoms with Gasteiger partial charge >= 0.3 is 0 Å². The van der Waals surface area contributed by atoms with E-state index >= 15 is 0 Å². The van der Waals surface area contributed by atoms with Crippen LogP contribution in [0.2, 0.25) is 0 Å². The topological polar surface area (TPSA) is 49.6 Å². The predicted octanol–water partition coefficient (Wildman–Crippen LogP) is 2.49. The Morgan fingerprint density at radius 3 is 2.52 bits per heavy atom. The number of likely N-dealkylation sites (tertiary alicyclic amines) is 1. The van der Waals surface area contributed by atoms with E-state index < -0.39 is 0 Å². The summed E-state index contributed by atoms with van der Waals surface area (Å²) in [5.74, 6) is 0.953. The summed E-state index contributed by atoms with van der Waals surface area (Å²) < 4.78 is 0. The minimum atomic E-state index is 0.184. The number of anilines is 1. The van der Waals surface area contributed by atoms with Crippen LogP contribution in [0.5, 0.6) is 0 Å². The van der Waals surface area contributed by atoms with Crippen LogP contribution in [0.25, 0.3) is 0 Å². The molecule has 4 heteroatoms. The molecule has 2 fully saturated rings. The first-order valence-electron chi connectivity index (χ1n) is 8.97. The first kappa shape index (κ1) is 16.3. The van der Waals surface area contributed by atoms with Gasteiger partial charge < -0.3 is 15.5 Å². The van der Waals surface area contributed by atoms with Gasteiger partial charge in [0.15, 0.2) is 0 Å². The van der Waals surface area contributed by atoms with Gasteiger partial charge in [-0.2, -0.15) is 0 Å².